The number of hydrogen-bond acceptors (Lipinski definition) is 4. The van der Waals surface area contributed by atoms with Crippen LogP contribution in [0.25, 0.3) is 5.69 Å². The fraction of sp³-hybridized carbons (Fsp3) is 0.444. The number of benzene rings is 1. The van der Waals surface area contributed by atoms with Crippen molar-refractivity contribution in [2.24, 2.45) is 0 Å². The van der Waals surface area contributed by atoms with Gasteiger partial charge in [0.25, 0.3) is 0 Å². The minimum atomic E-state index is -4.61. The first kappa shape index (κ1) is 18.8. The first-order valence-electron chi connectivity index (χ1n) is 8.87. The molecule has 2 atom stereocenters. The first-order chi connectivity index (χ1) is 13.4. The molecule has 1 aromatic heterocycles. The number of fused-ring (bicyclic) bond motifs is 2. The molecule has 150 valence electrons. The Balaban J connectivity index is 1.49. The third-order valence-electron chi connectivity index (χ3n) is 4.67. The van der Waals surface area contributed by atoms with Crippen molar-refractivity contribution in [3.05, 3.63) is 47.8 Å². The average molecular weight is 396 g/mol. The Hall–Kier alpha value is -2.59. The summed E-state index contributed by atoms with van der Waals surface area (Å²) in [5.41, 5.74) is -0.693. The fourth-order valence-corrected chi connectivity index (χ4v) is 3.47. The minimum absolute atomic E-state index is 0.0958. The van der Waals surface area contributed by atoms with E-state index in [1.54, 1.807) is 35.2 Å². The molecule has 4 rings (SSSR count). The minimum Gasteiger partial charge on any atom is -0.376 e. The largest absolute Gasteiger partial charge is 0.433 e. The molecule has 1 N–H and O–H groups in total. The Kier molecular flexibility index (Phi) is 4.98. The summed E-state index contributed by atoms with van der Waals surface area (Å²) in [4.78, 5) is 14.0. The number of aromatic nitrogens is 2. The number of hydrogen-bond donors (Lipinski definition) is 1. The number of nitrogens with one attached hydrogen (secondary N) is 1. The van der Waals surface area contributed by atoms with E-state index in [-0.39, 0.29) is 24.3 Å². The van der Waals surface area contributed by atoms with Crippen LogP contribution in [0, 0.1) is 0 Å². The Labute approximate surface area is 159 Å². The summed E-state index contributed by atoms with van der Waals surface area (Å²) in [5, 5.41) is 6.46. The number of halogens is 3. The van der Waals surface area contributed by atoms with Gasteiger partial charge in [0.05, 0.1) is 50.4 Å². The van der Waals surface area contributed by atoms with Gasteiger partial charge in [-0.15, -0.1) is 0 Å². The van der Waals surface area contributed by atoms with Crippen LogP contribution in [0.2, 0.25) is 0 Å². The lowest BCUT2D eigenvalue weighted by Gasteiger charge is -2.41. The van der Waals surface area contributed by atoms with Gasteiger partial charge in [0.15, 0.2) is 5.69 Å². The SMILES string of the molecule is O=C(NCc1cnn(-c2ccccc2)c1C(F)(F)F)N1CC2COCC(C1)O2. The number of rotatable bonds is 3. The van der Waals surface area contributed by atoms with Crippen LogP contribution in [-0.4, -0.2) is 59.2 Å². The first-order valence-corrected chi connectivity index (χ1v) is 8.87. The van der Waals surface area contributed by atoms with Gasteiger partial charge in [0.1, 0.15) is 0 Å². The fourth-order valence-electron chi connectivity index (χ4n) is 3.47. The van der Waals surface area contributed by atoms with Gasteiger partial charge in [-0.25, -0.2) is 9.48 Å². The molecule has 2 fully saturated rings. The normalized spacial score (nSPS) is 22.2. The molecule has 1 aromatic carbocycles. The highest BCUT2D eigenvalue weighted by Crippen LogP contribution is 2.33. The second-order valence-corrected chi connectivity index (χ2v) is 6.74. The summed E-state index contributed by atoms with van der Waals surface area (Å²) < 4.78 is 52.8. The summed E-state index contributed by atoms with van der Waals surface area (Å²) in [6.45, 7) is 1.23. The van der Waals surface area contributed by atoms with Gasteiger partial charge in [0.2, 0.25) is 0 Å². The Morgan fingerprint density at radius 3 is 2.50 bits per heavy atom. The van der Waals surface area contributed by atoms with Crippen LogP contribution in [-0.2, 0) is 22.2 Å². The monoisotopic (exact) mass is 396 g/mol. The summed E-state index contributed by atoms with van der Waals surface area (Å²) in [5.74, 6) is 0. The smallest absolute Gasteiger partial charge is 0.376 e. The number of carbonyl (C=O) groups is 1. The molecule has 0 aliphatic carbocycles. The molecule has 2 aliphatic rings. The van der Waals surface area contributed by atoms with E-state index < -0.39 is 17.9 Å². The topological polar surface area (TPSA) is 68.6 Å². The number of para-hydroxylation sites is 1. The summed E-state index contributed by atoms with van der Waals surface area (Å²) >= 11 is 0. The average Bonchev–Trinajstić information content (AvgIpc) is 3.11. The Bertz CT molecular complexity index is 828. The zero-order valence-corrected chi connectivity index (χ0v) is 14.9. The highest BCUT2D eigenvalue weighted by atomic mass is 19.4. The maximum absolute atomic E-state index is 13.6. The zero-order chi connectivity index (χ0) is 19.7. The lowest BCUT2D eigenvalue weighted by molar-refractivity contribution is -0.171. The van der Waals surface area contributed by atoms with E-state index in [4.69, 9.17) is 9.47 Å². The van der Waals surface area contributed by atoms with Crippen LogP contribution in [0.1, 0.15) is 11.3 Å². The molecule has 3 heterocycles. The maximum atomic E-state index is 13.6. The van der Waals surface area contributed by atoms with Crippen LogP contribution in [0.5, 0.6) is 0 Å². The van der Waals surface area contributed by atoms with Gasteiger partial charge < -0.3 is 19.7 Å². The van der Waals surface area contributed by atoms with Crippen molar-refractivity contribution in [3.63, 3.8) is 0 Å². The third-order valence-corrected chi connectivity index (χ3v) is 4.67. The van der Waals surface area contributed by atoms with Gasteiger partial charge in [0, 0.05) is 12.1 Å². The van der Waals surface area contributed by atoms with Crippen LogP contribution >= 0.6 is 0 Å². The Morgan fingerprint density at radius 1 is 1.18 bits per heavy atom. The predicted octanol–water partition coefficient (Wildman–Crippen LogP) is 2.20. The molecular weight excluding hydrogens is 377 g/mol. The van der Waals surface area contributed by atoms with Crippen molar-refractivity contribution >= 4 is 6.03 Å². The molecule has 10 heteroatoms. The predicted molar refractivity (Wildman–Crippen MR) is 91.9 cm³/mol. The zero-order valence-electron chi connectivity index (χ0n) is 14.9. The van der Waals surface area contributed by atoms with Crippen molar-refractivity contribution in [2.75, 3.05) is 26.3 Å². The molecule has 28 heavy (non-hydrogen) atoms. The van der Waals surface area contributed by atoms with E-state index in [9.17, 15) is 18.0 Å². The molecule has 2 unspecified atom stereocenters. The van der Waals surface area contributed by atoms with E-state index in [2.05, 4.69) is 10.4 Å². The van der Waals surface area contributed by atoms with Crippen molar-refractivity contribution in [1.82, 2.24) is 20.0 Å². The van der Waals surface area contributed by atoms with Crippen LogP contribution < -0.4 is 5.32 Å². The number of morpholine rings is 1. The van der Waals surface area contributed by atoms with E-state index >= 15 is 0 Å². The van der Waals surface area contributed by atoms with Gasteiger partial charge in [-0.1, -0.05) is 18.2 Å². The van der Waals surface area contributed by atoms with E-state index in [0.717, 1.165) is 10.9 Å². The highest BCUT2D eigenvalue weighted by Gasteiger charge is 2.39. The standard InChI is InChI=1S/C18H19F3N4O3/c19-18(20,21)16-12(7-23-25(16)13-4-2-1-3-5-13)6-22-17(26)24-8-14-10-27-11-15(9-24)28-14/h1-5,7,14-15H,6,8-11H2,(H,22,26). The van der Waals surface area contributed by atoms with Crippen LogP contribution in [0.15, 0.2) is 36.5 Å². The summed E-state index contributed by atoms with van der Waals surface area (Å²) in [6.07, 6.45) is -3.88. The van der Waals surface area contributed by atoms with Gasteiger partial charge >= 0.3 is 12.2 Å². The van der Waals surface area contributed by atoms with E-state index in [1.807, 2.05) is 0 Å². The molecule has 2 saturated heterocycles. The molecule has 0 saturated carbocycles. The second kappa shape index (κ2) is 7.44. The molecule has 2 bridgehead atoms. The third kappa shape index (κ3) is 3.83. The van der Waals surface area contributed by atoms with E-state index in [0.29, 0.717) is 32.0 Å². The molecule has 2 amide bonds. The maximum Gasteiger partial charge on any atom is 0.433 e. The highest BCUT2D eigenvalue weighted by molar-refractivity contribution is 5.74. The molecule has 2 aromatic rings. The molecule has 0 radical (unpaired) electrons. The lowest BCUT2D eigenvalue weighted by Crippen LogP contribution is -2.57. The van der Waals surface area contributed by atoms with Gasteiger partial charge in [-0.3, -0.25) is 0 Å². The quantitative estimate of drug-likeness (QED) is 0.864. The van der Waals surface area contributed by atoms with Gasteiger partial charge in [-0.2, -0.15) is 18.3 Å². The lowest BCUT2D eigenvalue weighted by atomic mass is 10.2. The number of amides is 2. The Morgan fingerprint density at radius 2 is 1.86 bits per heavy atom. The second-order valence-electron chi connectivity index (χ2n) is 6.74. The number of carbonyl (C=O) groups excluding carboxylic acids is 1. The van der Waals surface area contributed by atoms with Gasteiger partial charge in [-0.05, 0) is 12.1 Å². The molecule has 0 spiro atoms. The number of urea groups is 1. The molecule has 2 aliphatic heterocycles. The van der Waals surface area contributed by atoms with Crippen molar-refractivity contribution in [2.45, 2.75) is 24.9 Å². The summed E-state index contributed by atoms with van der Waals surface area (Å²) in [7, 11) is 0. The summed E-state index contributed by atoms with van der Waals surface area (Å²) in [6, 6.07) is 7.64. The number of alkyl halides is 3. The van der Waals surface area contributed by atoms with Crippen LogP contribution in [0.3, 0.4) is 0 Å². The number of nitrogens with zero attached hydrogens (tertiary/aromatic N) is 3. The van der Waals surface area contributed by atoms with Crippen molar-refractivity contribution in [3.8, 4) is 5.69 Å². The number of ether oxygens (including phenoxy) is 2. The van der Waals surface area contributed by atoms with E-state index in [1.165, 1.54) is 0 Å². The molecule has 7 nitrogen and oxygen atoms in total. The van der Waals surface area contributed by atoms with Crippen molar-refractivity contribution in [1.29, 1.82) is 0 Å². The van der Waals surface area contributed by atoms with Crippen LogP contribution in [0.4, 0.5) is 18.0 Å². The van der Waals surface area contributed by atoms with Crippen molar-refractivity contribution < 1.29 is 27.4 Å². The molecular formula is C18H19F3N4O3.